The van der Waals surface area contributed by atoms with Gasteiger partial charge in [0, 0.05) is 31.2 Å². The number of likely N-dealkylation sites (tertiary alicyclic amines) is 1. The quantitative estimate of drug-likeness (QED) is 0.874. The lowest BCUT2D eigenvalue weighted by atomic mass is 9.97. The van der Waals surface area contributed by atoms with E-state index in [-0.39, 0.29) is 18.3 Å². The Morgan fingerprint density at radius 2 is 2.05 bits per heavy atom. The first-order chi connectivity index (χ1) is 10.1. The lowest BCUT2D eigenvalue weighted by molar-refractivity contribution is 0.0922. The fourth-order valence-corrected chi connectivity index (χ4v) is 2.86. The molecule has 1 saturated heterocycles. The van der Waals surface area contributed by atoms with E-state index in [0.717, 1.165) is 18.7 Å². The molecular weight excluding hydrogens is 298 g/mol. The smallest absolute Gasteiger partial charge is 0.251 e. The van der Waals surface area contributed by atoms with Crippen LogP contribution in [0.15, 0.2) is 24.3 Å². The van der Waals surface area contributed by atoms with Crippen LogP contribution in [0.1, 0.15) is 42.6 Å². The molecule has 1 aromatic carbocycles. The van der Waals surface area contributed by atoms with Crippen LogP contribution in [0.4, 0.5) is 0 Å². The van der Waals surface area contributed by atoms with Crippen molar-refractivity contribution in [3.05, 3.63) is 35.4 Å². The summed E-state index contributed by atoms with van der Waals surface area (Å²) < 4.78 is 0. The summed E-state index contributed by atoms with van der Waals surface area (Å²) in [5.74, 6) is 0.577. The Bertz CT molecular complexity index is 461. The third-order valence-electron chi connectivity index (χ3n) is 4.28. The molecule has 1 unspecified atom stereocenters. The van der Waals surface area contributed by atoms with Gasteiger partial charge in [-0.25, -0.2) is 0 Å². The molecule has 0 saturated carbocycles. The Labute approximate surface area is 139 Å². The number of nitrogens with two attached hydrogens (primary N) is 1. The second-order valence-corrected chi connectivity index (χ2v) is 6.21. The van der Waals surface area contributed by atoms with Gasteiger partial charge in [0.1, 0.15) is 0 Å². The summed E-state index contributed by atoms with van der Waals surface area (Å²) in [6.45, 7) is 8.02. The summed E-state index contributed by atoms with van der Waals surface area (Å²) in [7, 11) is 0. The van der Waals surface area contributed by atoms with Crippen molar-refractivity contribution in [3.8, 4) is 0 Å². The molecule has 0 aliphatic carbocycles. The maximum Gasteiger partial charge on any atom is 0.251 e. The van der Waals surface area contributed by atoms with Crippen LogP contribution in [-0.2, 0) is 6.54 Å². The molecule has 0 spiro atoms. The van der Waals surface area contributed by atoms with Crippen LogP contribution < -0.4 is 11.1 Å². The zero-order valence-corrected chi connectivity index (χ0v) is 14.4. The fraction of sp³-hybridized carbons (Fsp3) is 0.588. The van der Waals surface area contributed by atoms with Crippen LogP contribution >= 0.6 is 12.4 Å². The Hall–Kier alpha value is -1.10. The molecule has 2 rings (SSSR count). The van der Waals surface area contributed by atoms with Crippen molar-refractivity contribution in [1.29, 1.82) is 0 Å². The van der Waals surface area contributed by atoms with Crippen molar-refractivity contribution in [3.63, 3.8) is 0 Å². The topological polar surface area (TPSA) is 58.4 Å². The number of rotatable bonds is 5. The fourth-order valence-electron chi connectivity index (χ4n) is 2.86. The highest BCUT2D eigenvalue weighted by Crippen LogP contribution is 2.17. The molecule has 0 bridgehead atoms. The highest BCUT2D eigenvalue weighted by Gasteiger charge is 2.22. The Kier molecular flexibility index (Phi) is 7.87. The van der Waals surface area contributed by atoms with Crippen LogP contribution in [-0.4, -0.2) is 36.5 Å². The lowest BCUT2D eigenvalue weighted by Crippen LogP contribution is -2.43. The maximum atomic E-state index is 12.1. The van der Waals surface area contributed by atoms with Crippen LogP contribution in [0, 0.1) is 5.92 Å². The summed E-state index contributed by atoms with van der Waals surface area (Å²) in [4.78, 5) is 14.6. The van der Waals surface area contributed by atoms with Crippen molar-refractivity contribution in [2.24, 2.45) is 11.7 Å². The van der Waals surface area contributed by atoms with Crippen molar-refractivity contribution in [2.45, 2.75) is 39.3 Å². The van der Waals surface area contributed by atoms with Gasteiger partial charge in [0.05, 0.1) is 0 Å². The van der Waals surface area contributed by atoms with Crippen molar-refractivity contribution >= 4 is 18.3 Å². The largest absolute Gasteiger partial charge is 0.352 e. The Morgan fingerprint density at radius 3 is 2.64 bits per heavy atom. The van der Waals surface area contributed by atoms with Crippen molar-refractivity contribution in [2.75, 3.05) is 19.6 Å². The average Bonchev–Trinajstić information content (AvgIpc) is 2.53. The molecule has 1 fully saturated rings. The summed E-state index contributed by atoms with van der Waals surface area (Å²) in [6.07, 6.45) is 2.43. The van der Waals surface area contributed by atoms with Crippen LogP contribution in [0.25, 0.3) is 0 Å². The molecule has 5 heteroatoms. The Morgan fingerprint density at radius 1 is 1.36 bits per heavy atom. The number of benzene rings is 1. The van der Waals surface area contributed by atoms with Gasteiger partial charge in [-0.1, -0.05) is 12.1 Å². The number of carbonyl (C=O) groups excluding carboxylic acids is 1. The first-order valence-corrected chi connectivity index (χ1v) is 7.91. The highest BCUT2D eigenvalue weighted by molar-refractivity contribution is 5.94. The minimum absolute atomic E-state index is 0. The van der Waals surface area contributed by atoms with Gasteiger partial charge >= 0.3 is 0 Å². The molecule has 1 amide bonds. The van der Waals surface area contributed by atoms with Gasteiger partial charge in [-0.2, -0.15) is 0 Å². The predicted octanol–water partition coefficient (Wildman–Crippen LogP) is 2.42. The van der Waals surface area contributed by atoms with Crippen LogP contribution in [0.5, 0.6) is 0 Å². The maximum absolute atomic E-state index is 12.1. The molecule has 124 valence electrons. The van der Waals surface area contributed by atoms with E-state index in [1.165, 1.54) is 19.4 Å². The summed E-state index contributed by atoms with van der Waals surface area (Å²) in [5.41, 5.74) is 7.32. The van der Waals surface area contributed by atoms with E-state index in [0.29, 0.717) is 24.1 Å². The first-order valence-electron chi connectivity index (χ1n) is 7.91. The number of amides is 1. The number of piperidine rings is 1. The number of carbonyl (C=O) groups is 1. The summed E-state index contributed by atoms with van der Waals surface area (Å²) in [6, 6.07) is 8.11. The minimum atomic E-state index is 0. The third kappa shape index (κ3) is 5.27. The SMILES string of the molecule is CC(C)N1CCCC(CNC(=O)c2ccc(CN)cc2)C1.Cl. The van der Waals surface area contributed by atoms with E-state index in [1.54, 1.807) is 0 Å². The van der Waals surface area contributed by atoms with Gasteiger partial charge in [-0.05, 0) is 56.8 Å². The summed E-state index contributed by atoms with van der Waals surface area (Å²) >= 11 is 0. The summed E-state index contributed by atoms with van der Waals surface area (Å²) in [5, 5.41) is 3.07. The normalized spacial score (nSPS) is 18.8. The van der Waals surface area contributed by atoms with Crippen molar-refractivity contribution < 1.29 is 4.79 Å². The zero-order valence-electron chi connectivity index (χ0n) is 13.5. The second kappa shape index (κ2) is 9.13. The van der Waals surface area contributed by atoms with Crippen LogP contribution in [0.3, 0.4) is 0 Å². The molecule has 0 radical (unpaired) electrons. The van der Waals surface area contributed by atoms with Gasteiger partial charge in [0.15, 0.2) is 0 Å². The van der Waals surface area contributed by atoms with Crippen LogP contribution in [0.2, 0.25) is 0 Å². The highest BCUT2D eigenvalue weighted by atomic mass is 35.5. The molecular formula is C17H28ClN3O. The number of halogens is 1. The monoisotopic (exact) mass is 325 g/mol. The molecule has 1 aliphatic rings. The molecule has 1 heterocycles. The lowest BCUT2D eigenvalue weighted by Gasteiger charge is -2.35. The minimum Gasteiger partial charge on any atom is -0.352 e. The number of hydrogen-bond acceptors (Lipinski definition) is 3. The van der Waals surface area contributed by atoms with Gasteiger partial charge < -0.3 is 16.0 Å². The number of nitrogens with one attached hydrogen (secondary N) is 1. The van der Waals surface area contributed by atoms with E-state index in [2.05, 4.69) is 24.1 Å². The average molecular weight is 326 g/mol. The van der Waals surface area contributed by atoms with E-state index in [9.17, 15) is 4.79 Å². The standard InChI is InChI=1S/C17H27N3O.ClH/c1-13(2)20-9-3-4-15(12-20)11-19-17(21)16-7-5-14(10-18)6-8-16;/h5-8,13,15H,3-4,9-12,18H2,1-2H3,(H,19,21);1H. The van der Waals surface area contributed by atoms with E-state index in [1.807, 2.05) is 24.3 Å². The molecule has 1 aliphatic heterocycles. The Balaban J connectivity index is 0.00000242. The van der Waals surface area contributed by atoms with Gasteiger partial charge in [0.25, 0.3) is 5.91 Å². The third-order valence-corrected chi connectivity index (χ3v) is 4.28. The predicted molar refractivity (Wildman–Crippen MR) is 93.3 cm³/mol. The first kappa shape index (κ1) is 18.9. The molecule has 22 heavy (non-hydrogen) atoms. The van der Waals surface area contributed by atoms with Gasteiger partial charge in [0.2, 0.25) is 0 Å². The van der Waals surface area contributed by atoms with Crippen molar-refractivity contribution in [1.82, 2.24) is 10.2 Å². The second-order valence-electron chi connectivity index (χ2n) is 6.21. The van der Waals surface area contributed by atoms with Gasteiger partial charge in [-0.15, -0.1) is 12.4 Å². The molecule has 0 aromatic heterocycles. The number of hydrogen-bond donors (Lipinski definition) is 2. The van der Waals surface area contributed by atoms with E-state index >= 15 is 0 Å². The van der Waals surface area contributed by atoms with Gasteiger partial charge in [-0.3, -0.25) is 4.79 Å². The zero-order chi connectivity index (χ0) is 15.2. The number of nitrogens with zero attached hydrogens (tertiary/aromatic N) is 1. The molecule has 3 N–H and O–H groups in total. The molecule has 1 atom stereocenters. The molecule has 1 aromatic rings. The van der Waals surface area contributed by atoms with E-state index < -0.39 is 0 Å². The molecule has 4 nitrogen and oxygen atoms in total. The van der Waals surface area contributed by atoms with E-state index in [4.69, 9.17) is 5.73 Å².